The van der Waals surface area contributed by atoms with Crippen molar-refractivity contribution in [2.24, 2.45) is 0 Å². The predicted molar refractivity (Wildman–Crippen MR) is 88.5 cm³/mol. The molecular weight excluding hydrogens is 318 g/mol. The quantitative estimate of drug-likeness (QED) is 0.844. The van der Waals surface area contributed by atoms with Crippen molar-refractivity contribution in [2.75, 3.05) is 6.54 Å². The Hall–Kier alpha value is -1.36. The summed E-state index contributed by atoms with van der Waals surface area (Å²) in [6, 6.07) is 14.5. The molecule has 0 saturated carbocycles. The molecule has 0 aliphatic carbocycles. The van der Waals surface area contributed by atoms with Gasteiger partial charge in [-0.2, -0.15) is 4.31 Å². The molecule has 0 bridgehead atoms. The summed E-state index contributed by atoms with van der Waals surface area (Å²) in [6.45, 7) is 2.39. The summed E-state index contributed by atoms with van der Waals surface area (Å²) in [7, 11) is -3.48. The lowest BCUT2D eigenvalue weighted by Crippen LogP contribution is -2.31. The van der Waals surface area contributed by atoms with Gasteiger partial charge < -0.3 is 0 Å². The normalized spacial score (nSPS) is 19.5. The third kappa shape index (κ3) is 2.78. The molecule has 2 aromatic rings. The lowest BCUT2D eigenvalue weighted by molar-refractivity contribution is 0.396. The standard InChI is InChI=1S/C17H18ClNO2S/c1-13-5-2-3-7-17(13)22(20,21)19-12-4-6-16(19)14-8-10-15(18)11-9-14/h2-3,5,7-11,16H,4,6,12H2,1H3/t16-/m1/s1. The molecule has 2 aromatic carbocycles. The maximum absolute atomic E-state index is 13.0. The zero-order chi connectivity index (χ0) is 15.7. The average molecular weight is 336 g/mol. The first-order valence-electron chi connectivity index (χ1n) is 7.33. The van der Waals surface area contributed by atoms with Gasteiger partial charge in [0.2, 0.25) is 10.0 Å². The first-order valence-corrected chi connectivity index (χ1v) is 9.15. The van der Waals surface area contributed by atoms with E-state index in [4.69, 9.17) is 11.6 Å². The second kappa shape index (κ2) is 6.03. The molecule has 1 aliphatic heterocycles. The Kier molecular flexibility index (Phi) is 4.26. The highest BCUT2D eigenvalue weighted by Gasteiger charge is 2.36. The second-order valence-corrected chi connectivity index (χ2v) is 7.89. The molecule has 3 rings (SSSR count). The Labute approximate surface area is 136 Å². The number of aryl methyl sites for hydroxylation is 1. The topological polar surface area (TPSA) is 37.4 Å². The van der Waals surface area contributed by atoms with Crippen LogP contribution in [0.25, 0.3) is 0 Å². The van der Waals surface area contributed by atoms with Crippen LogP contribution in [-0.4, -0.2) is 19.3 Å². The molecule has 0 aromatic heterocycles. The van der Waals surface area contributed by atoms with Crippen LogP contribution in [0.1, 0.15) is 30.0 Å². The van der Waals surface area contributed by atoms with Gasteiger partial charge in [-0.05, 0) is 49.1 Å². The van der Waals surface area contributed by atoms with Crippen LogP contribution in [0.4, 0.5) is 0 Å². The minimum atomic E-state index is -3.48. The van der Waals surface area contributed by atoms with Crippen LogP contribution in [0.15, 0.2) is 53.4 Å². The Morgan fingerprint density at radius 3 is 2.45 bits per heavy atom. The van der Waals surface area contributed by atoms with Crippen LogP contribution in [0.3, 0.4) is 0 Å². The molecule has 0 amide bonds. The number of sulfonamides is 1. The molecule has 1 heterocycles. The summed E-state index contributed by atoms with van der Waals surface area (Å²) in [5, 5.41) is 0.662. The number of hydrogen-bond donors (Lipinski definition) is 0. The van der Waals surface area contributed by atoms with E-state index in [2.05, 4.69) is 0 Å². The highest BCUT2D eigenvalue weighted by molar-refractivity contribution is 7.89. The number of halogens is 1. The summed E-state index contributed by atoms with van der Waals surface area (Å²) in [5.74, 6) is 0. The summed E-state index contributed by atoms with van der Waals surface area (Å²) in [4.78, 5) is 0.399. The molecule has 22 heavy (non-hydrogen) atoms. The van der Waals surface area contributed by atoms with Crippen LogP contribution in [-0.2, 0) is 10.0 Å². The third-order valence-corrected chi connectivity index (χ3v) is 6.46. The summed E-state index contributed by atoms with van der Waals surface area (Å²) in [6.07, 6.45) is 1.71. The highest BCUT2D eigenvalue weighted by Crippen LogP contribution is 2.37. The highest BCUT2D eigenvalue weighted by atomic mass is 35.5. The Morgan fingerprint density at radius 2 is 1.77 bits per heavy atom. The number of benzene rings is 2. The molecule has 3 nitrogen and oxygen atoms in total. The first kappa shape index (κ1) is 15.5. The number of rotatable bonds is 3. The SMILES string of the molecule is Cc1ccccc1S(=O)(=O)N1CCC[C@@H]1c1ccc(Cl)cc1. The van der Waals surface area contributed by atoms with Gasteiger partial charge in [0.05, 0.1) is 10.9 Å². The zero-order valence-electron chi connectivity index (χ0n) is 12.4. The second-order valence-electron chi connectivity index (χ2n) is 5.59. The number of nitrogens with zero attached hydrogens (tertiary/aromatic N) is 1. The van der Waals surface area contributed by atoms with E-state index in [1.54, 1.807) is 16.4 Å². The van der Waals surface area contributed by atoms with Gasteiger partial charge in [0.25, 0.3) is 0 Å². The molecular formula is C17H18ClNO2S. The van der Waals surface area contributed by atoms with Crippen molar-refractivity contribution in [2.45, 2.75) is 30.7 Å². The van der Waals surface area contributed by atoms with E-state index in [0.29, 0.717) is 16.5 Å². The van der Waals surface area contributed by atoms with Gasteiger partial charge in [0, 0.05) is 11.6 Å². The van der Waals surface area contributed by atoms with Gasteiger partial charge >= 0.3 is 0 Å². The first-order chi connectivity index (χ1) is 10.5. The summed E-state index contributed by atoms with van der Waals surface area (Å²) in [5.41, 5.74) is 1.78. The van der Waals surface area contributed by atoms with Crippen LogP contribution >= 0.6 is 11.6 Å². The van der Waals surface area contributed by atoms with E-state index in [9.17, 15) is 8.42 Å². The van der Waals surface area contributed by atoms with E-state index in [1.165, 1.54) is 0 Å². The van der Waals surface area contributed by atoms with Crippen LogP contribution < -0.4 is 0 Å². The molecule has 1 fully saturated rings. The maximum atomic E-state index is 13.0. The van der Waals surface area contributed by atoms with Gasteiger partial charge in [-0.25, -0.2) is 8.42 Å². The van der Waals surface area contributed by atoms with E-state index < -0.39 is 10.0 Å². The zero-order valence-corrected chi connectivity index (χ0v) is 13.9. The van der Waals surface area contributed by atoms with Gasteiger partial charge in [0.15, 0.2) is 0 Å². The van der Waals surface area contributed by atoms with Crippen LogP contribution in [0.2, 0.25) is 5.02 Å². The molecule has 1 aliphatic rings. The van der Waals surface area contributed by atoms with Crippen LogP contribution in [0, 0.1) is 6.92 Å². The minimum absolute atomic E-state index is 0.109. The largest absolute Gasteiger partial charge is 0.243 e. The van der Waals surface area contributed by atoms with E-state index in [1.807, 2.05) is 43.3 Å². The molecule has 5 heteroatoms. The van der Waals surface area contributed by atoms with Gasteiger partial charge in [0.1, 0.15) is 0 Å². The smallest absolute Gasteiger partial charge is 0.207 e. The van der Waals surface area contributed by atoms with Gasteiger partial charge in [-0.3, -0.25) is 0 Å². The van der Waals surface area contributed by atoms with E-state index in [0.717, 1.165) is 24.0 Å². The molecule has 0 spiro atoms. The fraction of sp³-hybridized carbons (Fsp3) is 0.294. The molecule has 1 saturated heterocycles. The number of hydrogen-bond acceptors (Lipinski definition) is 2. The minimum Gasteiger partial charge on any atom is -0.207 e. The van der Waals surface area contributed by atoms with Gasteiger partial charge in [-0.15, -0.1) is 0 Å². The van der Waals surface area contributed by atoms with Crippen molar-refractivity contribution in [3.63, 3.8) is 0 Å². The predicted octanol–water partition coefficient (Wildman–Crippen LogP) is 4.17. The molecule has 0 unspecified atom stereocenters. The fourth-order valence-electron chi connectivity index (χ4n) is 3.02. The molecule has 1 atom stereocenters. The summed E-state index contributed by atoms with van der Waals surface area (Å²) < 4.78 is 27.6. The van der Waals surface area contributed by atoms with Crippen molar-refractivity contribution in [3.05, 3.63) is 64.7 Å². The Morgan fingerprint density at radius 1 is 1.09 bits per heavy atom. The third-order valence-electron chi connectivity index (χ3n) is 4.14. The average Bonchev–Trinajstić information content (AvgIpc) is 2.98. The van der Waals surface area contributed by atoms with Crippen molar-refractivity contribution in [1.29, 1.82) is 0 Å². The lowest BCUT2D eigenvalue weighted by Gasteiger charge is -2.25. The Bertz CT molecular complexity index is 772. The van der Waals surface area contributed by atoms with Crippen LogP contribution in [0.5, 0.6) is 0 Å². The van der Waals surface area contributed by atoms with Crippen molar-refractivity contribution < 1.29 is 8.42 Å². The van der Waals surface area contributed by atoms with Crippen molar-refractivity contribution >= 4 is 21.6 Å². The fourth-order valence-corrected chi connectivity index (χ4v) is 5.05. The molecule has 0 N–H and O–H groups in total. The Balaban J connectivity index is 1.99. The van der Waals surface area contributed by atoms with E-state index in [-0.39, 0.29) is 6.04 Å². The lowest BCUT2D eigenvalue weighted by atomic mass is 10.1. The van der Waals surface area contributed by atoms with Crippen molar-refractivity contribution in [3.8, 4) is 0 Å². The maximum Gasteiger partial charge on any atom is 0.243 e. The van der Waals surface area contributed by atoms with Crippen molar-refractivity contribution in [1.82, 2.24) is 4.31 Å². The summed E-state index contributed by atoms with van der Waals surface area (Å²) >= 11 is 5.93. The molecule has 0 radical (unpaired) electrons. The van der Waals surface area contributed by atoms with Gasteiger partial charge in [-0.1, -0.05) is 41.9 Å². The molecule has 116 valence electrons. The monoisotopic (exact) mass is 335 g/mol. The van der Waals surface area contributed by atoms with E-state index >= 15 is 0 Å².